The van der Waals surface area contributed by atoms with Gasteiger partial charge in [-0.3, -0.25) is 0 Å². The molecule has 0 heterocycles. The van der Waals surface area contributed by atoms with E-state index in [0.29, 0.717) is 17.1 Å². The maximum absolute atomic E-state index is 12.3. The van der Waals surface area contributed by atoms with E-state index in [-0.39, 0.29) is 5.75 Å². The van der Waals surface area contributed by atoms with Crippen LogP contribution in [0.2, 0.25) is 5.02 Å². The zero-order chi connectivity index (χ0) is 14.5. The van der Waals surface area contributed by atoms with E-state index in [1.165, 1.54) is 6.07 Å². The molecule has 0 spiro atoms. The molecule has 0 saturated heterocycles. The Morgan fingerprint density at radius 1 is 1.20 bits per heavy atom. The summed E-state index contributed by atoms with van der Waals surface area (Å²) in [5.41, 5.74) is 1.36. The number of anilines is 1. The molecule has 0 bridgehead atoms. The van der Waals surface area contributed by atoms with Crippen LogP contribution in [-0.2, 0) is 6.54 Å². The number of alkyl halides is 2. The van der Waals surface area contributed by atoms with Gasteiger partial charge in [-0.15, -0.1) is 0 Å². The van der Waals surface area contributed by atoms with E-state index in [1.54, 1.807) is 24.3 Å². The molecule has 0 aliphatic carbocycles. The highest BCUT2D eigenvalue weighted by molar-refractivity contribution is 9.10. The van der Waals surface area contributed by atoms with Crippen LogP contribution < -0.4 is 10.1 Å². The second-order valence-corrected chi connectivity index (χ2v) is 5.29. The van der Waals surface area contributed by atoms with E-state index in [0.717, 1.165) is 10.2 Å². The third-order valence-electron chi connectivity index (χ3n) is 2.59. The molecular formula is C14H11BrClF2NO. The van der Waals surface area contributed by atoms with Crippen molar-refractivity contribution < 1.29 is 13.5 Å². The first-order chi connectivity index (χ1) is 9.56. The van der Waals surface area contributed by atoms with E-state index >= 15 is 0 Å². The van der Waals surface area contributed by atoms with Gasteiger partial charge in [0.05, 0.1) is 10.7 Å². The Labute approximate surface area is 128 Å². The van der Waals surface area contributed by atoms with E-state index in [4.69, 9.17) is 11.6 Å². The third-order valence-corrected chi connectivity index (χ3v) is 3.40. The molecule has 2 rings (SSSR count). The van der Waals surface area contributed by atoms with Crippen LogP contribution in [0.3, 0.4) is 0 Å². The molecule has 0 aliphatic rings. The minimum Gasteiger partial charge on any atom is -0.434 e. The minimum atomic E-state index is -2.84. The van der Waals surface area contributed by atoms with Gasteiger partial charge in [-0.25, -0.2) is 0 Å². The first-order valence-electron chi connectivity index (χ1n) is 5.78. The molecule has 2 nitrogen and oxygen atoms in total. The number of halogens is 4. The van der Waals surface area contributed by atoms with Gasteiger partial charge in [0.25, 0.3) is 0 Å². The molecule has 0 unspecified atom stereocenters. The first kappa shape index (κ1) is 15.1. The quantitative estimate of drug-likeness (QED) is 0.777. The Morgan fingerprint density at radius 2 is 1.95 bits per heavy atom. The van der Waals surface area contributed by atoms with Gasteiger partial charge in [-0.05, 0) is 24.3 Å². The number of benzene rings is 2. The van der Waals surface area contributed by atoms with Gasteiger partial charge in [-0.2, -0.15) is 8.78 Å². The molecule has 20 heavy (non-hydrogen) atoms. The zero-order valence-corrected chi connectivity index (χ0v) is 12.6. The summed E-state index contributed by atoms with van der Waals surface area (Å²) >= 11 is 9.39. The van der Waals surface area contributed by atoms with Crippen molar-refractivity contribution in [3.63, 3.8) is 0 Å². The lowest BCUT2D eigenvalue weighted by Gasteiger charge is -2.13. The summed E-state index contributed by atoms with van der Waals surface area (Å²) in [7, 11) is 0. The fraction of sp³-hybridized carbons (Fsp3) is 0.143. The lowest BCUT2D eigenvalue weighted by Crippen LogP contribution is -2.07. The summed E-state index contributed by atoms with van der Waals surface area (Å²) in [5, 5.41) is 3.64. The van der Waals surface area contributed by atoms with Crippen molar-refractivity contribution in [1.82, 2.24) is 0 Å². The van der Waals surface area contributed by atoms with Gasteiger partial charge in [-0.1, -0.05) is 45.7 Å². The highest BCUT2D eigenvalue weighted by atomic mass is 79.9. The smallest absolute Gasteiger partial charge is 0.387 e. The Kier molecular flexibility index (Phi) is 5.20. The minimum absolute atomic E-state index is 0.156. The first-order valence-corrected chi connectivity index (χ1v) is 6.95. The zero-order valence-electron chi connectivity index (χ0n) is 10.2. The van der Waals surface area contributed by atoms with Crippen molar-refractivity contribution in [1.29, 1.82) is 0 Å². The van der Waals surface area contributed by atoms with E-state index in [1.807, 2.05) is 12.1 Å². The summed E-state index contributed by atoms with van der Waals surface area (Å²) in [6.45, 7) is -2.50. The molecule has 6 heteroatoms. The van der Waals surface area contributed by atoms with Gasteiger partial charge in [0.2, 0.25) is 0 Å². The SMILES string of the molecule is FC(F)Oc1ccccc1CNc1ccc(Br)cc1Cl. The van der Waals surface area contributed by atoms with E-state index < -0.39 is 6.61 Å². The number of rotatable bonds is 5. The fourth-order valence-electron chi connectivity index (χ4n) is 1.68. The number of hydrogen-bond donors (Lipinski definition) is 1. The summed E-state index contributed by atoms with van der Waals surface area (Å²) in [4.78, 5) is 0. The van der Waals surface area contributed by atoms with Gasteiger partial charge < -0.3 is 10.1 Å². The van der Waals surface area contributed by atoms with Crippen LogP contribution in [0.4, 0.5) is 14.5 Å². The number of ether oxygens (including phenoxy) is 1. The van der Waals surface area contributed by atoms with Crippen LogP contribution in [0.1, 0.15) is 5.56 Å². The van der Waals surface area contributed by atoms with Crippen LogP contribution in [0, 0.1) is 0 Å². The van der Waals surface area contributed by atoms with E-state index in [9.17, 15) is 8.78 Å². The molecule has 0 radical (unpaired) electrons. The Balaban J connectivity index is 2.10. The van der Waals surface area contributed by atoms with Crippen molar-refractivity contribution in [2.75, 3.05) is 5.32 Å². The Morgan fingerprint density at radius 3 is 2.65 bits per heavy atom. The number of nitrogens with one attached hydrogen (secondary N) is 1. The normalized spacial score (nSPS) is 10.7. The third kappa shape index (κ3) is 4.08. The molecule has 0 amide bonds. The Bertz CT molecular complexity index is 595. The van der Waals surface area contributed by atoms with Crippen molar-refractivity contribution in [2.24, 2.45) is 0 Å². The number of hydrogen-bond acceptors (Lipinski definition) is 2. The fourth-order valence-corrected chi connectivity index (χ4v) is 2.42. The van der Waals surface area contributed by atoms with Crippen molar-refractivity contribution >= 4 is 33.2 Å². The summed E-state index contributed by atoms with van der Waals surface area (Å²) in [6.07, 6.45) is 0. The predicted octanol–water partition coefficient (Wildman–Crippen LogP) is 5.32. The molecule has 0 atom stereocenters. The Hall–Kier alpha value is -1.33. The molecule has 2 aromatic carbocycles. The maximum Gasteiger partial charge on any atom is 0.387 e. The van der Waals surface area contributed by atoms with Crippen molar-refractivity contribution in [3.05, 3.63) is 57.5 Å². The van der Waals surface area contributed by atoms with Gasteiger partial charge in [0, 0.05) is 16.6 Å². The molecule has 0 fully saturated rings. The summed E-state index contributed by atoms with van der Waals surface area (Å²) in [5.74, 6) is 0.156. The largest absolute Gasteiger partial charge is 0.434 e. The lowest BCUT2D eigenvalue weighted by molar-refractivity contribution is -0.0504. The second-order valence-electron chi connectivity index (χ2n) is 3.96. The van der Waals surface area contributed by atoms with Gasteiger partial charge >= 0.3 is 6.61 Å². The monoisotopic (exact) mass is 361 g/mol. The van der Waals surface area contributed by atoms with Crippen molar-refractivity contribution in [2.45, 2.75) is 13.2 Å². The number of para-hydroxylation sites is 1. The van der Waals surface area contributed by atoms with Crippen LogP contribution in [0.25, 0.3) is 0 Å². The molecule has 106 valence electrons. The average Bonchev–Trinajstić information content (AvgIpc) is 2.39. The topological polar surface area (TPSA) is 21.3 Å². The highest BCUT2D eigenvalue weighted by Crippen LogP contribution is 2.27. The maximum atomic E-state index is 12.3. The summed E-state index contributed by atoms with van der Waals surface area (Å²) < 4.78 is 29.9. The molecule has 0 aliphatic heterocycles. The molecule has 2 aromatic rings. The molecule has 1 N–H and O–H groups in total. The summed E-state index contributed by atoms with van der Waals surface area (Å²) in [6, 6.07) is 12.0. The van der Waals surface area contributed by atoms with E-state index in [2.05, 4.69) is 26.0 Å². The highest BCUT2D eigenvalue weighted by Gasteiger charge is 2.09. The lowest BCUT2D eigenvalue weighted by atomic mass is 10.2. The molecular weight excluding hydrogens is 352 g/mol. The average molecular weight is 363 g/mol. The molecule has 0 aromatic heterocycles. The van der Waals surface area contributed by atoms with Crippen molar-refractivity contribution in [3.8, 4) is 5.75 Å². The van der Waals surface area contributed by atoms with Crippen LogP contribution in [0.5, 0.6) is 5.75 Å². The second kappa shape index (κ2) is 6.90. The molecule has 0 saturated carbocycles. The van der Waals surface area contributed by atoms with Crippen LogP contribution in [-0.4, -0.2) is 6.61 Å². The van der Waals surface area contributed by atoms with Crippen LogP contribution in [0.15, 0.2) is 46.9 Å². The van der Waals surface area contributed by atoms with Gasteiger partial charge in [0.1, 0.15) is 5.75 Å². The standard InChI is InChI=1S/C14H11BrClF2NO/c15-10-5-6-12(11(16)7-10)19-8-9-3-1-2-4-13(9)20-14(17)18/h1-7,14,19H,8H2. The van der Waals surface area contributed by atoms with Crippen LogP contribution >= 0.6 is 27.5 Å². The van der Waals surface area contributed by atoms with Gasteiger partial charge in [0.15, 0.2) is 0 Å². The predicted molar refractivity (Wildman–Crippen MR) is 79.6 cm³/mol.